The summed E-state index contributed by atoms with van der Waals surface area (Å²) in [6.07, 6.45) is 1.40. The molecule has 0 bridgehead atoms. The predicted molar refractivity (Wildman–Crippen MR) is 71.0 cm³/mol. The minimum absolute atomic E-state index is 0.0839. The molecule has 0 aromatic carbocycles. The monoisotopic (exact) mass is 303 g/mol. The highest BCUT2D eigenvalue weighted by atomic mass is 32.2. The molecule has 1 heterocycles. The molecular formula is C12H12F3N3OS. The summed E-state index contributed by atoms with van der Waals surface area (Å²) < 4.78 is 35.6. The molecule has 0 spiro atoms. The van der Waals surface area contributed by atoms with Crippen molar-refractivity contribution in [2.45, 2.75) is 5.51 Å². The van der Waals surface area contributed by atoms with Crippen LogP contribution in [0, 0.1) is 11.8 Å². The van der Waals surface area contributed by atoms with E-state index in [2.05, 4.69) is 22.1 Å². The van der Waals surface area contributed by atoms with Gasteiger partial charge in [0.15, 0.2) is 0 Å². The first kappa shape index (κ1) is 16.3. The van der Waals surface area contributed by atoms with Crippen LogP contribution in [-0.2, 0) is 0 Å². The molecule has 108 valence electrons. The zero-order chi connectivity index (χ0) is 15.0. The molecule has 1 aromatic rings. The molecule has 1 aromatic heterocycles. The standard InChI is InChI=1S/C12H12F3N3OS/c13-12(14,15)20-7-6-17-11(19)10-4-3-9(8-18-10)2-1-5-16/h3-4,8H,5-7,16H2,(H,17,19). The minimum Gasteiger partial charge on any atom is -0.350 e. The lowest BCUT2D eigenvalue weighted by atomic mass is 10.2. The van der Waals surface area contributed by atoms with Crippen molar-refractivity contribution in [2.75, 3.05) is 18.8 Å². The molecule has 0 atom stereocenters. The van der Waals surface area contributed by atoms with Gasteiger partial charge in [0.25, 0.3) is 5.91 Å². The number of nitrogens with zero attached hydrogens (tertiary/aromatic N) is 1. The summed E-state index contributed by atoms with van der Waals surface area (Å²) in [5.74, 6) is 4.62. The lowest BCUT2D eigenvalue weighted by molar-refractivity contribution is -0.0327. The van der Waals surface area contributed by atoms with E-state index in [0.29, 0.717) is 5.56 Å². The largest absolute Gasteiger partial charge is 0.441 e. The predicted octanol–water partition coefficient (Wildman–Crippen LogP) is 1.37. The number of carbonyl (C=O) groups is 1. The Labute approximate surface area is 118 Å². The third-order valence-corrected chi connectivity index (χ3v) is 2.72. The van der Waals surface area contributed by atoms with Crippen LogP contribution in [0.5, 0.6) is 0 Å². The van der Waals surface area contributed by atoms with Gasteiger partial charge in [0.1, 0.15) is 5.69 Å². The first-order valence-electron chi connectivity index (χ1n) is 5.56. The number of pyridine rings is 1. The van der Waals surface area contributed by atoms with Gasteiger partial charge in [-0.2, -0.15) is 13.2 Å². The number of hydrogen-bond donors (Lipinski definition) is 2. The smallest absolute Gasteiger partial charge is 0.350 e. The van der Waals surface area contributed by atoms with Gasteiger partial charge in [0.05, 0.1) is 6.54 Å². The molecule has 0 saturated carbocycles. The Morgan fingerprint density at radius 2 is 2.20 bits per heavy atom. The minimum atomic E-state index is -4.29. The molecule has 20 heavy (non-hydrogen) atoms. The van der Waals surface area contributed by atoms with Crippen LogP contribution in [0.15, 0.2) is 18.3 Å². The first-order chi connectivity index (χ1) is 9.42. The molecular weight excluding hydrogens is 291 g/mol. The summed E-state index contributed by atoms with van der Waals surface area (Å²) in [4.78, 5) is 15.4. The van der Waals surface area contributed by atoms with E-state index in [9.17, 15) is 18.0 Å². The number of hydrogen-bond acceptors (Lipinski definition) is 4. The Hall–Kier alpha value is -1.72. The van der Waals surface area contributed by atoms with Crippen molar-refractivity contribution in [3.8, 4) is 11.8 Å². The van der Waals surface area contributed by atoms with E-state index in [1.54, 1.807) is 6.07 Å². The molecule has 1 rings (SSSR count). The second-order valence-electron chi connectivity index (χ2n) is 3.49. The number of nitrogens with one attached hydrogen (secondary N) is 1. The number of amides is 1. The van der Waals surface area contributed by atoms with Crippen molar-refractivity contribution >= 4 is 17.7 Å². The summed E-state index contributed by atoms with van der Waals surface area (Å²) in [5.41, 5.74) is 1.66. The van der Waals surface area contributed by atoms with Crippen LogP contribution in [-0.4, -0.2) is 35.2 Å². The van der Waals surface area contributed by atoms with E-state index in [-0.39, 0.29) is 36.3 Å². The second-order valence-corrected chi connectivity index (χ2v) is 4.65. The van der Waals surface area contributed by atoms with Crippen molar-refractivity contribution in [3.05, 3.63) is 29.6 Å². The Balaban J connectivity index is 2.44. The highest BCUT2D eigenvalue weighted by molar-refractivity contribution is 8.00. The quantitative estimate of drug-likeness (QED) is 0.651. The molecule has 0 aliphatic carbocycles. The van der Waals surface area contributed by atoms with Crippen molar-refractivity contribution in [1.82, 2.24) is 10.3 Å². The zero-order valence-corrected chi connectivity index (χ0v) is 11.1. The highest BCUT2D eigenvalue weighted by Crippen LogP contribution is 2.29. The number of aromatic nitrogens is 1. The van der Waals surface area contributed by atoms with Gasteiger partial charge < -0.3 is 11.1 Å². The molecule has 0 radical (unpaired) electrons. The van der Waals surface area contributed by atoms with Gasteiger partial charge in [-0.25, -0.2) is 4.98 Å². The maximum atomic E-state index is 11.9. The molecule has 0 saturated heterocycles. The van der Waals surface area contributed by atoms with Crippen LogP contribution in [0.3, 0.4) is 0 Å². The number of alkyl halides is 3. The van der Waals surface area contributed by atoms with Crippen LogP contribution in [0.1, 0.15) is 16.1 Å². The van der Waals surface area contributed by atoms with Gasteiger partial charge in [-0.3, -0.25) is 4.79 Å². The molecule has 8 heteroatoms. The number of thioether (sulfide) groups is 1. The third-order valence-electron chi connectivity index (χ3n) is 1.98. The lowest BCUT2D eigenvalue weighted by Gasteiger charge is -2.06. The van der Waals surface area contributed by atoms with Gasteiger partial charge in [0, 0.05) is 24.1 Å². The lowest BCUT2D eigenvalue weighted by Crippen LogP contribution is -2.27. The Morgan fingerprint density at radius 3 is 2.75 bits per heavy atom. The SMILES string of the molecule is NCC#Cc1ccc(C(=O)NCCSC(F)(F)F)nc1. The Kier molecular flexibility index (Phi) is 6.35. The summed E-state index contributed by atoms with van der Waals surface area (Å²) >= 11 is -0.183. The molecule has 0 aliphatic heterocycles. The topological polar surface area (TPSA) is 68.0 Å². The van der Waals surface area contributed by atoms with Crippen molar-refractivity contribution in [3.63, 3.8) is 0 Å². The van der Waals surface area contributed by atoms with Crippen LogP contribution < -0.4 is 11.1 Å². The fraction of sp³-hybridized carbons (Fsp3) is 0.333. The van der Waals surface area contributed by atoms with E-state index < -0.39 is 11.4 Å². The second kappa shape index (κ2) is 7.77. The van der Waals surface area contributed by atoms with Crippen LogP contribution in [0.25, 0.3) is 0 Å². The summed E-state index contributed by atoms with van der Waals surface area (Å²) in [5, 5.41) is 2.36. The van der Waals surface area contributed by atoms with Crippen LogP contribution in [0.2, 0.25) is 0 Å². The van der Waals surface area contributed by atoms with E-state index >= 15 is 0 Å². The third kappa shape index (κ3) is 6.45. The highest BCUT2D eigenvalue weighted by Gasteiger charge is 2.27. The number of rotatable bonds is 4. The van der Waals surface area contributed by atoms with E-state index in [1.807, 2.05) is 0 Å². The summed E-state index contributed by atoms with van der Waals surface area (Å²) in [6, 6.07) is 3.04. The fourth-order valence-corrected chi connectivity index (χ4v) is 1.61. The van der Waals surface area contributed by atoms with Gasteiger partial charge in [-0.05, 0) is 23.9 Å². The molecule has 3 N–H and O–H groups in total. The normalized spacial score (nSPS) is 10.6. The number of carbonyl (C=O) groups excluding carboxylic acids is 1. The average molecular weight is 303 g/mol. The maximum Gasteiger partial charge on any atom is 0.441 e. The average Bonchev–Trinajstić information content (AvgIpc) is 2.40. The summed E-state index contributed by atoms with van der Waals surface area (Å²) in [7, 11) is 0. The van der Waals surface area contributed by atoms with Crippen molar-refractivity contribution < 1.29 is 18.0 Å². The number of halogens is 3. The molecule has 0 fully saturated rings. The first-order valence-corrected chi connectivity index (χ1v) is 6.55. The van der Waals surface area contributed by atoms with E-state index in [4.69, 9.17) is 5.73 Å². The molecule has 0 aliphatic rings. The molecule has 1 amide bonds. The van der Waals surface area contributed by atoms with Crippen LogP contribution >= 0.6 is 11.8 Å². The van der Waals surface area contributed by atoms with Gasteiger partial charge in [-0.15, -0.1) is 0 Å². The molecule has 4 nitrogen and oxygen atoms in total. The van der Waals surface area contributed by atoms with E-state index in [0.717, 1.165) is 0 Å². The maximum absolute atomic E-state index is 11.9. The zero-order valence-electron chi connectivity index (χ0n) is 10.3. The number of nitrogens with two attached hydrogens (primary N) is 1. The summed E-state index contributed by atoms with van der Waals surface area (Å²) in [6.45, 7) is 0.137. The van der Waals surface area contributed by atoms with Gasteiger partial charge in [-0.1, -0.05) is 11.8 Å². The van der Waals surface area contributed by atoms with Crippen molar-refractivity contribution in [1.29, 1.82) is 0 Å². The Morgan fingerprint density at radius 1 is 1.45 bits per heavy atom. The van der Waals surface area contributed by atoms with Crippen molar-refractivity contribution in [2.24, 2.45) is 5.73 Å². The van der Waals surface area contributed by atoms with Crippen LogP contribution in [0.4, 0.5) is 13.2 Å². The van der Waals surface area contributed by atoms with Gasteiger partial charge in [0.2, 0.25) is 0 Å². The fourth-order valence-electron chi connectivity index (χ4n) is 1.18. The van der Waals surface area contributed by atoms with Gasteiger partial charge >= 0.3 is 5.51 Å². The molecule has 0 unspecified atom stereocenters. The van der Waals surface area contributed by atoms with E-state index in [1.165, 1.54) is 12.3 Å². The Bertz CT molecular complexity index is 505.